The summed E-state index contributed by atoms with van der Waals surface area (Å²) < 4.78 is 0. The van der Waals surface area contributed by atoms with Gasteiger partial charge in [0.15, 0.2) is 11.7 Å². The van der Waals surface area contributed by atoms with E-state index >= 15 is 0 Å². The zero-order valence-corrected chi connectivity index (χ0v) is 5.68. The van der Waals surface area contributed by atoms with Crippen molar-refractivity contribution in [1.29, 1.82) is 0 Å². The molecule has 0 fully saturated rings. The molecule has 0 radical (unpaired) electrons. The van der Waals surface area contributed by atoms with E-state index < -0.39 is 23.6 Å². The second-order valence-corrected chi connectivity index (χ2v) is 2.19. The third kappa shape index (κ3) is 1.89. The average Bonchev–Trinajstić information content (AvgIpc) is 1.85. The van der Waals surface area contributed by atoms with Crippen molar-refractivity contribution in [1.82, 2.24) is 0 Å². The highest BCUT2D eigenvalue weighted by molar-refractivity contribution is 5.86. The number of carbonyl (C=O) groups is 2. The summed E-state index contributed by atoms with van der Waals surface area (Å²) in [6.45, 7) is 0.703. The molecule has 0 saturated heterocycles. The Morgan fingerprint density at radius 3 is 1.82 bits per heavy atom. The van der Waals surface area contributed by atoms with Gasteiger partial charge in [-0.2, -0.15) is 0 Å². The van der Waals surface area contributed by atoms with Crippen molar-refractivity contribution in [2.75, 3.05) is 0 Å². The average molecular weight is 164 g/mol. The van der Waals surface area contributed by atoms with Crippen LogP contribution in [-0.2, 0) is 9.59 Å². The molecule has 6 nitrogen and oxygen atoms in total. The van der Waals surface area contributed by atoms with Gasteiger partial charge in [-0.05, 0) is 6.92 Å². The second-order valence-electron chi connectivity index (χ2n) is 2.19. The summed E-state index contributed by atoms with van der Waals surface area (Å²) in [5.41, 5.74) is -2.65. The summed E-state index contributed by atoms with van der Waals surface area (Å²) in [5, 5.41) is 33.7. The molecule has 0 aromatic heterocycles. The largest absolute Gasteiger partial charge is 0.479 e. The fraction of sp³-hybridized carbons (Fsp3) is 0.600. The topological polar surface area (TPSA) is 115 Å². The van der Waals surface area contributed by atoms with Gasteiger partial charge >= 0.3 is 11.9 Å². The molecule has 0 aromatic rings. The van der Waals surface area contributed by atoms with Gasteiger partial charge in [-0.25, -0.2) is 9.59 Å². The van der Waals surface area contributed by atoms with E-state index in [-0.39, 0.29) is 0 Å². The lowest BCUT2D eigenvalue weighted by atomic mass is 10.00. The van der Waals surface area contributed by atoms with Gasteiger partial charge in [0.1, 0.15) is 0 Å². The minimum absolute atomic E-state index is 0.703. The fourth-order valence-electron chi connectivity index (χ4n) is 0.357. The van der Waals surface area contributed by atoms with Crippen LogP contribution in [0.15, 0.2) is 0 Å². The lowest BCUT2D eigenvalue weighted by molar-refractivity contribution is -0.180. The van der Waals surface area contributed by atoms with Crippen LogP contribution < -0.4 is 0 Å². The Morgan fingerprint density at radius 2 is 1.73 bits per heavy atom. The van der Waals surface area contributed by atoms with Crippen LogP contribution in [-0.4, -0.2) is 44.1 Å². The lowest BCUT2D eigenvalue weighted by Crippen LogP contribution is -2.50. The Labute approximate surface area is 61.7 Å². The van der Waals surface area contributed by atoms with Crippen LogP contribution in [0.1, 0.15) is 6.92 Å². The second kappa shape index (κ2) is 2.85. The molecule has 11 heavy (non-hydrogen) atoms. The molecule has 4 N–H and O–H groups in total. The summed E-state index contributed by atoms with van der Waals surface area (Å²) in [6, 6.07) is 0. The normalized spacial score (nSPS) is 18.5. The van der Waals surface area contributed by atoms with Crippen molar-refractivity contribution in [2.45, 2.75) is 18.6 Å². The minimum Gasteiger partial charge on any atom is -0.479 e. The van der Waals surface area contributed by atoms with Crippen LogP contribution in [0.4, 0.5) is 0 Å². The van der Waals surface area contributed by atoms with Gasteiger partial charge in [-0.3, -0.25) is 0 Å². The SMILES string of the molecule is C[C@](O)(C(=O)O)C(O)C(=O)O. The molecule has 0 spiro atoms. The first-order chi connectivity index (χ1) is 4.80. The molecule has 0 bridgehead atoms. The molecule has 0 aliphatic rings. The van der Waals surface area contributed by atoms with E-state index in [1.54, 1.807) is 0 Å². The van der Waals surface area contributed by atoms with Gasteiger partial charge in [0.05, 0.1) is 0 Å². The first-order valence-corrected chi connectivity index (χ1v) is 2.66. The van der Waals surface area contributed by atoms with E-state index in [1.807, 2.05) is 0 Å². The highest BCUT2D eigenvalue weighted by Crippen LogP contribution is 2.09. The number of carboxylic acids is 2. The Morgan fingerprint density at radius 1 is 1.36 bits per heavy atom. The lowest BCUT2D eigenvalue weighted by Gasteiger charge is -2.20. The molecule has 0 saturated carbocycles. The van der Waals surface area contributed by atoms with E-state index in [2.05, 4.69) is 0 Å². The maximum atomic E-state index is 10.1. The number of hydrogen-bond acceptors (Lipinski definition) is 4. The quantitative estimate of drug-likeness (QED) is 0.394. The van der Waals surface area contributed by atoms with Crippen LogP contribution >= 0.6 is 0 Å². The molecular weight excluding hydrogens is 156 g/mol. The van der Waals surface area contributed by atoms with Gasteiger partial charge in [0.25, 0.3) is 0 Å². The highest BCUT2D eigenvalue weighted by Gasteiger charge is 2.43. The summed E-state index contributed by atoms with van der Waals surface area (Å²) in [7, 11) is 0. The predicted octanol–water partition coefficient (Wildman–Crippen LogP) is -1.73. The first kappa shape index (κ1) is 9.86. The maximum Gasteiger partial charge on any atom is 0.338 e. The highest BCUT2D eigenvalue weighted by atomic mass is 16.4. The van der Waals surface area contributed by atoms with Crippen LogP contribution in [0, 0.1) is 0 Å². The van der Waals surface area contributed by atoms with E-state index in [9.17, 15) is 9.59 Å². The minimum atomic E-state index is -2.65. The van der Waals surface area contributed by atoms with Crippen LogP contribution in [0.2, 0.25) is 0 Å². The van der Waals surface area contributed by atoms with Crippen molar-refractivity contribution >= 4 is 11.9 Å². The summed E-state index contributed by atoms with van der Waals surface area (Å²) in [4.78, 5) is 20.1. The molecule has 0 rings (SSSR count). The third-order valence-corrected chi connectivity index (χ3v) is 1.20. The Bertz CT molecular complexity index is 183. The number of hydrogen-bond donors (Lipinski definition) is 4. The predicted molar refractivity (Wildman–Crippen MR) is 31.9 cm³/mol. The number of aliphatic carboxylic acids is 2. The van der Waals surface area contributed by atoms with E-state index in [0.717, 1.165) is 0 Å². The zero-order valence-electron chi connectivity index (χ0n) is 5.68. The smallest absolute Gasteiger partial charge is 0.338 e. The van der Waals surface area contributed by atoms with Crippen LogP contribution in [0.3, 0.4) is 0 Å². The van der Waals surface area contributed by atoms with E-state index in [4.69, 9.17) is 20.4 Å². The maximum absolute atomic E-state index is 10.1. The number of rotatable bonds is 3. The Balaban J connectivity index is 4.55. The molecule has 0 aromatic carbocycles. The molecule has 0 aliphatic heterocycles. The molecule has 0 aliphatic carbocycles. The zero-order chi connectivity index (χ0) is 9.23. The molecular formula is C5H8O6. The summed E-state index contributed by atoms with van der Waals surface area (Å²) in [5.74, 6) is -3.56. The fourth-order valence-corrected chi connectivity index (χ4v) is 0.357. The Kier molecular flexibility index (Phi) is 2.55. The summed E-state index contributed by atoms with van der Waals surface area (Å²) >= 11 is 0. The number of aliphatic hydroxyl groups is 2. The van der Waals surface area contributed by atoms with Gasteiger partial charge in [0.2, 0.25) is 0 Å². The third-order valence-electron chi connectivity index (χ3n) is 1.20. The molecule has 6 heteroatoms. The van der Waals surface area contributed by atoms with Gasteiger partial charge in [-0.1, -0.05) is 0 Å². The van der Waals surface area contributed by atoms with Crippen LogP contribution in [0.25, 0.3) is 0 Å². The number of carboxylic acid groups (broad SMARTS) is 2. The van der Waals surface area contributed by atoms with Crippen molar-refractivity contribution in [3.05, 3.63) is 0 Å². The summed E-state index contributed by atoms with van der Waals surface area (Å²) in [6.07, 6.45) is -2.32. The standard InChI is InChI=1S/C5H8O6/c1-5(11,4(9)10)2(6)3(7)8/h2,6,11H,1H3,(H,7,8)(H,9,10)/t2?,5-/m1/s1. The van der Waals surface area contributed by atoms with Gasteiger partial charge in [0, 0.05) is 0 Å². The molecule has 2 atom stereocenters. The van der Waals surface area contributed by atoms with Crippen LogP contribution in [0.5, 0.6) is 0 Å². The van der Waals surface area contributed by atoms with Gasteiger partial charge in [-0.15, -0.1) is 0 Å². The van der Waals surface area contributed by atoms with Crippen molar-refractivity contribution in [2.24, 2.45) is 0 Å². The van der Waals surface area contributed by atoms with Gasteiger partial charge < -0.3 is 20.4 Å². The Hall–Kier alpha value is -1.14. The van der Waals surface area contributed by atoms with Crippen molar-refractivity contribution < 1.29 is 30.0 Å². The molecule has 0 amide bonds. The monoisotopic (exact) mass is 164 g/mol. The molecule has 0 heterocycles. The molecule has 1 unspecified atom stereocenters. The number of aliphatic hydroxyl groups excluding tert-OH is 1. The van der Waals surface area contributed by atoms with E-state index in [1.165, 1.54) is 0 Å². The van der Waals surface area contributed by atoms with Crippen molar-refractivity contribution in [3.8, 4) is 0 Å². The van der Waals surface area contributed by atoms with Crippen molar-refractivity contribution in [3.63, 3.8) is 0 Å². The molecule has 64 valence electrons. The first-order valence-electron chi connectivity index (χ1n) is 2.66. The van der Waals surface area contributed by atoms with E-state index in [0.29, 0.717) is 6.92 Å².